The zero-order valence-corrected chi connectivity index (χ0v) is 14.2. The minimum atomic E-state index is -1.06. The second-order valence-corrected chi connectivity index (χ2v) is 5.73. The molecule has 1 aromatic carbocycles. The van der Waals surface area contributed by atoms with Crippen molar-refractivity contribution in [2.24, 2.45) is 11.8 Å². The summed E-state index contributed by atoms with van der Waals surface area (Å²) in [5, 5.41) is 3.52. The highest BCUT2D eigenvalue weighted by molar-refractivity contribution is 6.30. The molecule has 1 aromatic rings. The van der Waals surface area contributed by atoms with Crippen LogP contribution in [0.25, 0.3) is 0 Å². The number of halogens is 1. The van der Waals surface area contributed by atoms with Crippen molar-refractivity contribution in [1.29, 1.82) is 0 Å². The summed E-state index contributed by atoms with van der Waals surface area (Å²) in [6, 6.07) is 5.10. The molecule has 1 N–H and O–H groups in total. The van der Waals surface area contributed by atoms with E-state index in [0.717, 1.165) is 0 Å². The molecular formula is C16H18ClNO6. The number of hydrogen-bond donors (Lipinski definition) is 1. The third kappa shape index (κ3) is 3.37. The highest BCUT2D eigenvalue weighted by Crippen LogP contribution is 2.39. The summed E-state index contributed by atoms with van der Waals surface area (Å²) in [6.07, 6.45) is 0. The molecule has 24 heavy (non-hydrogen) atoms. The molecule has 0 unspecified atom stereocenters. The molecule has 0 spiro atoms. The van der Waals surface area contributed by atoms with E-state index in [9.17, 15) is 14.4 Å². The van der Waals surface area contributed by atoms with E-state index in [4.69, 9.17) is 25.8 Å². The van der Waals surface area contributed by atoms with Crippen molar-refractivity contribution < 1.29 is 28.6 Å². The van der Waals surface area contributed by atoms with Crippen LogP contribution in [0.5, 0.6) is 0 Å². The number of esters is 3. The smallest absolute Gasteiger partial charge is 0.323 e. The van der Waals surface area contributed by atoms with Crippen LogP contribution >= 0.6 is 11.6 Å². The lowest BCUT2D eigenvalue weighted by atomic mass is 9.84. The predicted octanol–water partition coefficient (Wildman–Crippen LogP) is 1.10. The average Bonchev–Trinajstić information content (AvgIpc) is 3.00. The molecule has 8 heteroatoms. The van der Waals surface area contributed by atoms with Gasteiger partial charge in [0.25, 0.3) is 0 Å². The van der Waals surface area contributed by atoms with Crippen molar-refractivity contribution in [2.75, 3.05) is 21.3 Å². The Labute approximate surface area is 144 Å². The van der Waals surface area contributed by atoms with Gasteiger partial charge in [-0.25, -0.2) is 0 Å². The minimum Gasteiger partial charge on any atom is -0.469 e. The highest BCUT2D eigenvalue weighted by Gasteiger charge is 2.55. The first-order valence-electron chi connectivity index (χ1n) is 7.19. The molecule has 1 aliphatic heterocycles. The molecule has 0 bridgehead atoms. The van der Waals surface area contributed by atoms with Gasteiger partial charge in [0.2, 0.25) is 0 Å². The highest BCUT2D eigenvalue weighted by atomic mass is 35.5. The Balaban J connectivity index is 2.48. The van der Waals surface area contributed by atoms with E-state index in [1.54, 1.807) is 24.3 Å². The number of hydrogen-bond acceptors (Lipinski definition) is 7. The molecule has 1 heterocycles. The first-order valence-corrected chi connectivity index (χ1v) is 7.57. The fourth-order valence-corrected chi connectivity index (χ4v) is 3.09. The van der Waals surface area contributed by atoms with Crippen molar-refractivity contribution in [3.63, 3.8) is 0 Å². The molecule has 0 aromatic heterocycles. The summed E-state index contributed by atoms with van der Waals surface area (Å²) in [5.74, 6) is -3.96. The molecule has 4 atom stereocenters. The van der Waals surface area contributed by atoms with Crippen molar-refractivity contribution in [1.82, 2.24) is 5.32 Å². The summed E-state index contributed by atoms with van der Waals surface area (Å²) in [7, 11) is 3.63. The van der Waals surface area contributed by atoms with E-state index < -0.39 is 41.8 Å². The van der Waals surface area contributed by atoms with Crippen LogP contribution in [0.2, 0.25) is 5.02 Å². The zero-order valence-electron chi connectivity index (χ0n) is 13.4. The summed E-state index contributed by atoms with van der Waals surface area (Å²) < 4.78 is 14.3. The van der Waals surface area contributed by atoms with Crippen molar-refractivity contribution in [3.05, 3.63) is 34.9 Å². The predicted molar refractivity (Wildman–Crippen MR) is 84.1 cm³/mol. The van der Waals surface area contributed by atoms with E-state index in [2.05, 4.69) is 5.32 Å². The van der Waals surface area contributed by atoms with Gasteiger partial charge in [0.15, 0.2) is 0 Å². The lowest BCUT2D eigenvalue weighted by Crippen LogP contribution is -2.42. The van der Waals surface area contributed by atoms with Gasteiger partial charge in [-0.1, -0.05) is 23.7 Å². The molecule has 0 saturated carbocycles. The van der Waals surface area contributed by atoms with Crippen LogP contribution in [0.15, 0.2) is 24.3 Å². The maximum Gasteiger partial charge on any atom is 0.323 e. The van der Waals surface area contributed by atoms with Gasteiger partial charge in [-0.15, -0.1) is 0 Å². The lowest BCUT2D eigenvalue weighted by molar-refractivity contribution is -0.159. The Kier molecular flexibility index (Phi) is 5.80. The average molecular weight is 356 g/mol. The van der Waals surface area contributed by atoms with Gasteiger partial charge < -0.3 is 14.2 Å². The normalized spacial score (nSPS) is 25.8. The molecule has 1 saturated heterocycles. The Hall–Kier alpha value is -2.12. The summed E-state index contributed by atoms with van der Waals surface area (Å²) >= 11 is 5.89. The maximum atomic E-state index is 12.3. The molecule has 130 valence electrons. The number of rotatable bonds is 4. The molecule has 0 radical (unpaired) electrons. The van der Waals surface area contributed by atoms with Gasteiger partial charge in [0.05, 0.1) is 33.2 Å². The number of methoxy groups -OCH3 is 3. The monoisotopic (exact) mass is 355 g/mol. The summed E-state index contributed by atoms with van der Waals surface area (Å²) in [4.78, 5) is 36.6. The quantitative estimate of drug-likeness (QED) is 0.639. The van der Waals surface area contributed by atoms with Crippen LogP contribution in [0.1, 0.15) is 11.6 Å². The molecule has 0 aliphatic carbocycles. The van der Waals surface area contributed by atoms with Crippen LogP contribution in [0.3, 0.4) is 0 Å². The molecule has 2 rings (SSSR count). The van der Waals surface area contributed by atoms with Crippen molar-refractivity contribution in [3.8, 4) is 0 Å². The molecule has 1 fully saturated rings. The third-order valence-corrected chi connectivity index (χ3v) is 4.35. The van der Waals surface area contributed by atoms with E-state index >= 15 is 0 Å². The van der Waals surface area contributed by atoms with Gasteiger partial charge >= 0.3 is 17.9 Å². The summed E-state index contributed by atoms with van der Waals surface area (Å²) in [6.45, 7) is 0. The van der Waals surface area contributed by atoms with Crippen LogP contribution < -0.4 is 5.32 Å². The molecule has 7 nitrogen and oxygen atoms in total. The van der Waals surface area contributed by atoms with Crippen LogP contribution in [0, 0.1) is 11.8 Å². The van der Waals surface area contributed by atoms with Gasteiger partial charge in [-0.05, 0) is 17.7 Å². The minimum absolute atomic E-state index is 0.528. The molecule has 1 aliphatic rings. The largest absolute Gasteiger partial charge is 0.469 e. The Morgan fingerprint density at radius 3 is 1.88 bits per heavy atom. The van der Waals surface area contributed by atoms with Crippen LogP contribution in [-0.2, 0) is 28.6 Å². The van der Waals surface area contributed by atoms with Gasteiger partial charge in [0, 0.05) is 11.1 Å². The zero-order chi connectivity index (χ0) is 17.9. The van der Waals surface area contributed by atoms with E-state index in [-0.39, 0.29) is 0 Å². The SMILES string of the molecule is COC(=O)[C@@H]1[C@H](C(=O)OC)[C@@H](C(=O)OC)N[C@H]1c1ccc(Cl)cc1. The molecular weight excluding hydrogens is 338 g/mol. The Bertz CT molecular complexity index is 632. The second kappa shape index (κ2) is 7.63. The summed E-state index contributed by atoms with van der Waals surface area (Å²) in [5.41, 5.74) is 0.690. The number of nitrogens with one attached hydrogen (secondary N) is 1. The number of benzene rings is 1. The third-order valence-electron chi connectivity index (χ3n) is 4.10. The van der Waals surface area contributed by atoms with E-state index in [1.807, 2.05) is 0 Å². The first kappa shape index (κ1) is 18.2. The Morgan fingerprint density at radius 2 is 1.38 bits per heavy atom. The van der Waals surface area contributed by atoms with Crippen molar-refractivity contribution >= 4 is 29.5 Å². The number of carbonyl (C=O) groups excluding carboxylic acids is 3. The lowest BCUT2D eigenvalue weighted by Gasteiger charge is -2.21. The van der Waals surface area contributed by atoms with Crippen molar-refractivity contribution in [2.45, 2.75) is 12.1 Å². The van der Waals surface area contributed by atoms with Gasteiger partial charge in [-0.2, -0.15) is 0 Å². The first-order chi connectivity index (χ1) is 11.4. The maximum absolute atomic E-state index is 12.3. The fourth-order valence-electron chi connectivity index (χ4n) is 2.97. The fraction of sp³-hybridized carbons (Fsp3) is 0.438. The standard InChI is InChI=1S/C16H18ClNO6/c1-22-14(19)10-11(15(20)23-2)13(16(21)24-3)18-12(10)8-4-6-9(17)7-5-8/h4-7,10-13,18H,1-3H3/t10-,11+,12+,13+/m1/s1. The second-order valence-electron chi connectivity index (χ2n) is 5.29. The van der Waals surface area contributed by atoms with Crippen LogP contribution in [0.4, 0.5) is 0 Å². The topological polar surface area (TPSA) is 90.9 Å². The van der Waals surface area contributed by atoms with Crippen LogP contribution in [-0.4, -0.2) is 45.3 Å². The van der Waals surface area contributed by atoms with E-state index in [1.165, 1.54) is 21.3 Å². The van der Waals surface area contributed by atoms with E-state index in [0.29, 0.717) is 10.6 Å². The number of ether oxygens (including phenoxy) is 3. The van der Waals surface area contributed by atoms with Gasteiger partial charge in [0.1, 0.15) is 6.04 Å². The van der Waals surface area contributed by atoms with Gasteiger partial charge in [-0.3, -0.25) is 19.7 Å². The molecule has 0 amide bonds. The Morgan fingerprint density at radius 1 is 0.875 bits per heavy atom. The number of carbonyl (C=O) groups is 3.